The van der Waals surface area contributed by atoms with Crippen LogP contribution in [0.1, 0.15) is 128 Å². The van der Waals surface area contributed by atoms with Crippen molar-refractivity contribution in [1.82, 2.24) is 109 Å². The predicted octanol–water partition coefficient (Wildman–Crippen LogP) is -3.96. The highest BCUT2D eigenvalue weighted by atomic mass is 32.2. The number of fused-ring (bicyclic) bond motifs is 11. The van der Waals surface area contributed by atoms with Gasteiger partial charge >= 0.3 is 5.97 Å². The molecule has 5 aliphatic rings. The van der Waals surface area contributed by atoms with Gasteiger partial charge in [0.25, 0.3) is 0 Å². The summed E-state index contributed by atoms with van der Waals surface area (Å²) in [6.45, 7) is 2.55. The summed E-state index contributed by atoms with van der Waals surface area (Å²) >= 11 is 4.27. The maximum absolute atomic E-state index is 15.2. The first-order valence-electron chi connectivity index (χ1n) is 47.5. The number of aromatic nitrogens is 3. The summed E-state index contributed by atoms with van der Waals surface area (Å²) in [5.41, 5.74) is 14.2. The van der Waals surface area contributed by atoms with Crippen molar-refractivity contribution in [1.29, 1.82) is 0 Å². The van der Waals surface area contributed by atoms with E-state index < -0.39 is 241 Å². The maximum Gasteiger partial charge on any atom is 0.327 e. The van der Waals surface area contributed by atoms with Crippen LogP contribution < -0.4 is 80.6 Å². The van der Waals surface area contributed by atoms with Gasteiger partial charge in [0, 0.05) is 139 Å². The van der Waals surface area contributed by atoms with Crippen LogP contribution in [0.3, 0.4) is 0 Å². The molecule has 2 aromatic carbocycles. The van der Waals surface area contributed by atoms with Crippen molar-refractivity contribution < 1.29 is 111 Å². The monoisotopic (exact) mass is 2060 g/mol. The van der Waals surface area contributed by atoms with Crippen LogP contribution in [0.4, 0.5) is 0 Å². The Morgan fingerprint density at radius 1 is 0.531 bits per heavy atom. The number of carbonyl (C=O) groups excluding carboxylic acids is 19. The Kier molecular flexibility index (Phi) is 43.4. The molecule has 50 heteroatoms. The number of pyridine rings is 1. The second-order valence-electron chi connectivity index (χ2n) is 35.7. The molecule has 8 heterocycles. The standard InChI is InChI=1S/C93H129N23O23S4/c1-6-51(2)78-90(135)107-64(38-55-42-98-60-21-10-8-19-58(55)60)84(129)109-70(93(138)139)47-143-36-28-77(124)114-49-112-48-113(50-114)76(123)27-35-142-46-69(100-53(4)119)91(136)115-31-15-23-71(115)88(133)106-65(39-56-17-12-14-30-96-56)80(125)99-43-74(121)101-68(45-141-34-26-75(112)122)87(132)103-62(25-33-140-5)82(127)102-61(22-11-13-29-94)81(126)105-66(40-73(95)120)85(130)104-63(37-54-41-97-59-20-9-7-18-57(54)59)83(128)108-67(44-117)86(131)111-79(52(3)118)92(137)116-32-16-24-72(116)89(134)110-78/h7-10,12,14,17-21,30,41-42,51-52,61-72,78-79,97-98,117-118H,6,11,13,15-16,22-29,31-40,43-50,94H2,1-5H3,(H2,95,120)(H,99,125)(H,100,119)(H,101,121)(H,102,127)(H,103,132)(H,104,130)(H,105,126)(H,106,133)(H,107,135)(H,108,128)(H,109,129)(H,110,134)(H,111,131)(H,138,139)/t51-,52+,61-,62-,63-,64-,65-,66-,67-,68-,69+,70-,71-,72-,78-,79-/m0/s1. The van der Waals surface area contributed by atoms with Gasteiger partial charge in [0.15, 0.2) is 0 Å². The Morgan fingerprint density at radius 3 is 1.55 bits per heavy atom. The summed E-state index contributed by atoms with van der Waals surface area (Å²) in [6.07, 6.45) is 2.66. The van der Waals surface area contributed by atoms with Crippen LogP contribution in [-0.2, 0) is 115 Å². The maximum atomic E-state index is 15.2. The molecule has 778 valence electrons. The summed E-state index contributed by atoms with van der Waals surface area (Å²) in [6, 6.07) is -3.70. The number of H-pyrrole nitrogens is 2. The number of benzene rings is 2. The summed E-state index contributed by atoms with van der Waals surface area (Å²) in [5.74, 6) is -20.5. The summed E-state index contributed by atoms with van der Waals surface area (Å²) in [5, 5.41) is 68.0. The van der Waals surface area contributed by atoms with Gasteiger partial charge in [-0.25, -0.2) is 4.79 Å². The number of nitrogens with two attached hydrogens (primary N) is 2. The van der Waals surface area contributed by atoms with Gasteiger partial charge in [0.1, 0.15) is 84.6 Å². The van der Waals surface area contributed by atoms with Gasteiger partial charge in [0.05, 0.1) is 45.7 Å². The van der Waals surface area contributed by atoms with E-state index in [1.807, 2.05) is 0 Å². The lowest BCUT2D eigenvalue weighted by molar-refractivity contribution is -0.158. The number of primary amides is 1. The highest BCUT2D eigenvalue weighted by molar-refractivity contribution is 7.99. The number of carboxylic acids is 1. The highest BCUT2D eigenvalue weighted by Gasteiger charge is 2.46. The number of aliphatic hydroxyl groups excluding tert-OH is 2. The Labute approximate surface area is 842 Å². The number of aliphatic carboxylic acids is 1. The molecule has 46 nitrogen and oxygen atoms in total. The molecule has 10 rings (SSSR count). The zero-order chi connectivity index (χ0) is 104. The molecule has 16 atom stereocenters. The van der Waals surface area contributed by atoms with Crippen molar-refractivity contribution in [2.75, 3.05) is 99.3 Å². The number of para-hydroxylation sites is 2. The molecular formula is C93H129N23O23S4. The van der Waals surface area contributed by atoms with Crippen molar-refractivity contribution in [2.24, 2.45) is 17.4 Å². The van der Waals surface area contributed by atoms with E-state index in [0.717, 1.165) is 47.1 Å². The van der Waals surface area contributed by atoms with E-state index in [1.54, 1.807) is 93.0 Å². The molecule has 0 unspecified atom stereocenters. The molecule has 0 spiro atoms. The number of nitrogens with zero attached hydrogens (tertiary/aromatic N) is 6. The van der Waals surface area contributed by atoms with Crippen LogP contribution in [0.5, 0.6) is 0 Å². The Bertz CT molecular complexity index is 5390. The van der Waals surface area contributed by atoms with Gasteiger partial charge in [-0.2, -0.15) is 47.0 Å². The third-order valence-corrected chi connectivity index (χ3v) is 28.9. The third-order valence-electron chi connectivity index (χ3n) is 25.1. The van der Waals surface area contributed by atoms with E-state index in [2.05, 4.69) is 84.1 Å². The third kappa shape index (κ3) is 32.4. The van der Waals surface area contributed by atoms with E-state index in [0.29, 0.717) is 45.0 Å². The molecular weight excluding hydrogens is 1940 g/mol. The summed E-state index contributed by atoms with van der Waals surface area (Å²) in [4.78, 5) is 307. The number of rotatable bonds is 21. The fourth-order valence-electron chi connectivity index (χ4n) is 17.1. The molecule has 0 radical (unpaired) electrons. The van der Waals surface area contributed by atoms with Crippen LogP contribution >= 0.6 is 47.0 Å². The Morgan fingerprint density at radius 2 is 1.01 bits per heavy atom. The topological polar surface area (TPSA) is 671 Å². The minimum atomic E-state index is -1.98. The number of hydrogen-bond acceptors (Lipinski definition) is 28. The molecule has 0 saturated carbocycles. The van der Waals surface area contributed by atoms with Crippen molar-refractivity contribution in [3.8, 4) is 0 Å². The molecule has 5 saturated heterocycles. The highest BCUT2D eigenvalue weighted by Crippen LogP contribution is 2.28. The summed E-state index contributed by atoms with van der Waals surface area (Å²) in [7, 11) is 0. The lowest BCUT2D eigenvalue weighted by Crippen LogP contribution is -2.63. The van der Waals surface area contributed by atoms with E-state index in [1.165, 1.54) is 50.7 Å². The Balaban J connectivity index is 0.998. The first kappa shape index (κ1) is 112. The van der Waals surface area contributed by atoms with E-state index in [4.69, 9.17) is 11.5 Å². The number of nitrogens with one attached hydrogen (secondary N) is 15. The van der Waals surface area contributed by atoms with Crippen LogP contribution in [0, 0.1) is 5.92 Å². The lowest BCUT2D eigenvalue weighted by Gasteiger charge is -2.42. The second kappa shape index (κ2) is 55.3. The zero-order valence-electron chi connectivity index (χ0n) is 80.2. The fourth-order valence-corrected chi connectivity index (χ4v) is 20.4. The van der Waals surface area contributed by atoms with Crippen molar-refractivity contribution in [3.63, 3.8) is 0 Å². The first-order valence-corrected chi connectivity index (χ1v) is 52.4. The minimum Gasteiger partial charge on any atom is -0.480 e. The molecule has 5 aromatic rings. The Hall–Kier alpha value is -12.7. The number of thioether (sulfide) groups is 4. The predicted molar refractivity (Wildman–Crippen MR) is 530 cm³/mol. The first-order chi connectivity index (χ1) is 68.5. The molecule has 5 aliphatic heterocycles. The number of aliphatic hydroxyl groups is 2. The van der Waals surface area contributed by atoms with E-state index >= 15 is 14.4 Å². The minimum absolute atomic E-state index is 0.0123. The second-order valence-corrected chi connectivity index (χ2v) is 40.1. The number of unbranched alkanes of at least 4 members (excludes halogenated alkanes) is 1. The number of carboxylic acid groups (broad SMARTS) is 1. The van der Waals surface area contributed by atoms with Crippen LogP contribution in [0.25, 0.3) is 21.8 Å². The average Bonchev–Trinajstić information content (AvgIpc) is 1.73. The number of aromatic amines is 2. The van der Waals surface area contributed by atoms with Crippen LogP contribution in [0.2, 0.25) is 0 Å². The molecule has 0 aliphatic carbocycles. The molecule has 5 fully saturated rings. The lowest BCUT2D eigenvalue weighted by atomic mass is 9.96. The SMILES string of the molecule is CC[C@H](C)[C@@H]1NC(=O)[C@@H]2CCCN2C(=O)[C@H]([C@@H](C)O)NC(=O)[C@H](CO)NC(=O)[C@H](Cc2c[nH]c3ccccc23)NC(=O)[C@H](CC(N)=O)NC(=O)[C@H](CCCCN)NC(=O)[C@H](CCSC)NC(=O)[C@@H]2CSCCC(=O)N3CN(CN(C3)C(=O)CCSC[C@@H](NC(C)=O)C(=O)N3CCC[C@H]3C(=O)N[C@@H](Cc3ccccn3)C(=O)NCC(=O)N2)C(=O)CCSC[C@@H](C(=O)O)NC(=O)[C@H](Cc2c[nH]c3ccccc23)NC1=O. The van der Waals surface area contributed by atoms with Gasteiger partial charge in [0.2, 0.25) is 112 Å². The molecule has 19 amide bonds. The van der Waals surface area contributed by atoms with Gasteiger partial charge in [-0.15, -0.1) is 0 Å². The molecule has 143 heavy (non-hydrogen) atoms. The normalized spacial score (nSPS) is 25.7. The van der Waals surface area contributed by atoms with Crippen LogP contribution in [0.15, 0.2) is 85.3 Å². The van der Waals surface area contributed by atoms with Crippen molar-refractivity contribution in [3.05, 3.63) is 102 Å². The molecule has 3 aromatic heterocycles. The zero-order valence-corrected chi connectivity index (χ0v) is 83.5. The van der Waals surface area contributed by atoms with Gasteiger partial charge in [-0.1, -0.05) is 62.7 Å². The van der Waals surface area contributed by atoms with Crippen molar-refractivity contribution >= 4 is 187 Å². The van der Waals surface area contributed by atoms with Crippen molar-refractivity contribution in [2.45, 2.75) is 221 Å². The molecule has 4 bridgehead atoms. The number of hydrogen-bond donors (Lipinski definition) is 20. The van der Waals surface area contributed by atoms with Gasteiger partial charge in [-0.3, -0.25) is 96.1 Å². The number of carbonyl (C=O) groups is 20. The van der Waals surface area contributed by atoms with E-state index in [9.17, 15) is 96.8 Å². The van der Waals surface area contributed by atoms with Crippen LogP contribution in [-0.4, -0.2) is 363 Å². The average molecular weight is 2070 g/mol. The quantitative estimate of drug-likeness (QED) is 0.0312. The van der Waals surface area contributed by atoms with Gasteiger partial charge < -0.3 is 130 Å². The summed E-state index contributed by atoms with van der Waals surface area (Å²) < 4.78 is 0. The van der Waals surface area contributed by atoms with Gasteiger partial charge in [-0.05, 0) is 118 Å². The molecule has 22 N–H and O–H groups in total. The smallest absolute Gasteiger partial charge is 0.327 e. The van der Waals surface area contributed by atoms with E-state index in [-0.39, 0.29) is 163 Å². The number of amides is 19. The fraction of sp³-hybridized carbons (Fsp3) is 0.559. The largest absolute Gasteiger partial charge is 0.480 e.